The molecule has 0 unspecified atom stereocenters. The third kappa shape index (κ3) is 7.28. The van der Waals surface area contributed by atoms with Crippen LogP contribution in [-0.2, 0) is 4.79 Å². The Morgan fingerprint density at radius 2 is 1.86 bits per heavy atom. The minimum Gasteiger partial charge on any atom is -0.490 e. The van der Waals surface area contributed by atoms with Crippen molar-refractivity contribution in [2.24, 2.45) is 0 Å². The number of halogens is 4. The third-order valence-electron chi connectivity index (χ3n) is 4.79. The molecule has 180 valence electrons. The van der Waals surface area contributed by atoms with Crippen molar-refractivity contribution in [3.8, 4) is 17.6 Å². The van der Waals surface area contributed by atoms with Gasteiger partial charge in [0.25, 0.3) is 5.91 Å². The fourth-order valence-electron chi connectivity index (χ4n) is 3.12. The lowest BCUT2D eigenvalue weighted by atomic mass is 10.0. The highest BCUT2D eigenvalue weighted by atomic mass is 127. The molecule has 0 bridgehead atoms. The van der Waals surface area contributed by atoms with Gasteiger partial charge in [-0.15, -0.1) is 0 Å². The molecule has 0 aromatic heterocycles. The van der Waals surface area contributed by atoms with Crippen LogP contribution in [0.5, 0.6) is 11.5 Å². The predicted octanol–water partition coefficient (Wildman–Crippen LogP) is 8.04. The highest BCUT2D eigenvalue weighted by Gasteiger charge is 2.15. The van der Waals surface area contributed by atoms with Crippen molar-refractivity contribution in [1.82, 2.24) is 0 Å². The average molecular weight is 642 g/mol. The highest BCUT2D eigenvalue weighted by molar-refractivity contribution is 14.1. The number of hydrogen-bond donors (Lipinski definition) is 1. The second-order valence-electron chi connectivity index (χ2n) is 7.36. The molecule has 5 nitrogen and oxygen atoms in total. The van der Waals surface area contributed by atoms with Gasteiger partial charge >= 0.3 is 0 Å². The summed E-state index contributed by atoms with van der Waals surface area (Å²) >= 11 is 20.5. The van der Waals surface area contributed by atoms with Crippen molar-refractivity contribution in [3.05, 3.63) is 83.9 Å². The molecule has 35 heavy (non-hydrogen) atoms. The fourth-order valence-corrected chi connectivity index (χ4v) is 4.60. The van der Waals surface area contributed by atoms with Crippen molar-refractivity contribution in [2.45, 2.75) is 13.8 Å². The minimum atomic E-state index is -0.337. The molecule has 3 aromatic rings. The number of anilines is 1. The summed E-state index contributed by atoms with van der Waals surface area (Å²) in [4.78, 5) is 12.4. The first-order valence-electron chi connectivity index (χ1n) is 10.4. The van der Waals surface area contributed by atoms with E-state index in [2.05, 4.69) is 34.0 Å². The lowest BCUT2D eigenvalue weighted by molar-refractivity contribution is -0.118. The highest BCUT2D eigenvalue weighted by Crippen LogP contribution is 2.36. The maximum Gasteiger partial charge on any atom is 0.262 e. The first kappa shape index (κ1) is 27.2. The number of amides is 1. The number of aryl methyl sites for hydroxylation is 1. The SMILES string of the molecule is CCOc1cc(/C=C(\C#N)c2ccc(Cl)cc2Cl)cc(I)c1OCC(=O)Nc1ccc(C)c(Cl)c1. The number of carbonyl (C=O) groups excluding carboxylic acids is 1. The number of benzene rings is 3. The van der Waals surface area contributed by atoms with Gasteiger partial charge in [0.05, 0.1) is 26.8 Å². The number of hydrogen-bond acceptors (Lipinski definition) is 4. The maximum atomic E-state index is 12.4. The van der Waals surface area contributed by atoms with Crippen LogP contribution < -0.4 is 14.8 Å². The summed E-state index contributed by atoms with van der Waals surface area (Å²) in [7, 11) is 0. The van der Waals surface area contributed by atoms with Gasteiger partial charge in [-0.2, -0.15) is 5.26 Å². The van der Waals surface area contributed by atoms with Crippen molar-refractivity contribution in [1.29, 1.82) is 5.26 Å². The van der Waals surface area contributed by atoms with Crippen molar-refractivity contribution in [2.75, 3.05) is 18.5 Å². The Morgan fingerprint density at radius 3 is 2.51 bits per heavy atom. The summed E-state index contributed by atoms with van der Waals surface area (Å²) in [6.07, 6.45) is 1.71. The summed E-state index contributed by atoms with van der Waals surface area (Å²) < 4.78 is 12.3. The molecular formula is C26H20Cl3IN2O3. The van der Waals surface area contributed by atoms with Crippen molar-refractivity contribution < 1.29 is 14.3 Å². The summed E-state index contributed by atoms with van der Waals surface area (Å²) in [5.41, 5.74) is 3.16. The Morgan fingerprint density at radius 1 is 1.09 bits per heavy atom. The Labute approximate surface area is 232 Å². The monoisotopic (exact) mass is 640 g/mol. The second kappa shape index (κ2) is 12.5. The molecule has 1 N–H and O–H groups in total. The van der Waals surface area contributed by atoms with Crippen LogP contribution in [-0.4, -0.2) is 19.1 Å². The van der Waals surface area contributed by atoms with E-state index in [4.69, 9.17) is 44.3 Å². The van der Waals surface area contributed by atoms with Crippen LogP contribution in [0, 0.1) is 21.8 Å². The van der Waals surface area contributed by atoms with Gasteiger partial charge < -0.3 is 14.8 Å². The lowest BCUT2D eigenvalue weighted by Gasteiger charge is -2.15. The molecule has 0 aliphatic carbocycles. The van der Waals surface area contributed by atoms with E-state index in [1.165, 1.54) is 0 Å². The minimum absolute atomic E-state index is 0.222. The van der Waals surface area contributed by atoms with Gasteiger partial charge in [-0.3, -0.25) is 4.79 Å². The zero-order chi connectivity index (χ0) is 25.5. The van der Waals surface area contributed by atoms with Crippen molar-refractivity contribution in [3.63, 3.8) is 0 Å². The van der Waals surface area contributed by atoms with E-state index in [0.29, 0.717) is 59.1 Å². The molecule has 0 saturated carbocycles. The summed E-state index contributed by atoms with van der Waals surface area (Å²) in [6.45, 7) is 3.90. The fraction of sp³-hybridized carbons (Fsp3) is 0.154. The van der Waals surface area contributed by atoms with Crippen LogP contribution in [0.1, 0.15) is 23.6 Å². The Balaban J connectivity index is 1.83. The summed E-state index contributed by atoms with van der Waals surface area (Å²) in [5, 5.41) is 13.9. The van der Waals surface area contributed by atoms with Gasteiger partial charge in [0.2, 0.25) is 0 Å². The topological polar surface area (TPSA) is 71.3 Å². The normalized spacial score (nSPS) is 11.1. The number of nitrogens with zero attached hydrogens (tertiary/aromatic N) is 1. The molecular weight excluding hydrogens is 622 g/mol. The largest absolute Gasteiger partial charge is 0.490 e. The smallest absolute Gasteiger partial charge is 0.262 e. The van der Waals surface area contributed by atoms with E-state index in [0.717, 1.165) is 5.56 Å². The summed E-state index contributed by atoms with van der Waals surface area (Å²) in [5.74, 6) is 0.553. The molecule has 0 radical (unpaired) electrons. The van der Waals surface area contributed by atoms with Gasteiger partial charge in [0.15, 0.2) is 18.1 Å². The lowest BCUT2D eigenvalue weighted by Crippen LogP contribution is -2.20. The molecule has 1 amide bonds. The molecule has 0 aliphatic heterocycles. The standard InChI is InChI=1S/C26H20Cl3IN2O3/c1-3-34-24-10-16(8-17(13-31)20-7-5-18(27)11-22(20)29)9-23(30)26(24)35-14-25(33)32-19-6-4-15(2)21(28)12-19/h4-12H,3,14H2,1-2H3,(H,32,33)/b17-8+. The Bertz CT molecular complexity index is 1340. The molecule has 0 saturated heterocycles. The zero-order valence-electron chi connectivity index (χ0n) is 18.8. The van der Waals surface area contributed by atoms with Crippen LogP contribution in [0.3, 0.4) is 0 Å². The Kier molecular flexibility index (Phi) is 9.70. The van der Waals surface area contributed by atoms with Gasteiger partial charge in [0.1, 0.15) is 0 Å². The van der Waals surface area contributed by atoms with Gasteiger partial charge in [-0.25, -0.2) is 0 Å². The quantitative estimate of drug-likeness (QED) is 0.154. The van der Waals surface area contributed by atoms with E-state index >= 15 is 0 Å². The van der Waals surface area contributed by atoms with Crippen LogP contribution in [0.25, 0.3) is 11.6 Å². The molecule has 0 heterocycles. The number of nitriles is 1. The van der Waals surface area contributed by atoms with E-state index in [9.17, 15) is 10.1 Å². The van der Waals surface area contributed by atoms with E-state index in [1.54, 1.807) is 42.5 Å². The van der Waals surface area contributed by atoms with Crippen LogP contribution in [0.2, 0.25) is 15.1 Å². The molecule has 3 rings (SSSR count). The van der Waals surface area contributed by atoms with E-state index in [-0.39, 0.29) is 12.5 Å². The summed E-state index contributed by atoms with van der Waals surface area (Å²) in [6, 6.07) is 16.0. The first-order valence-corrected chi connectivity index (χ1v) is 12.7. The van der Waals surface area contributed by atoms with E-state index < -0.39 is 0 Å². The molecule has 0 spiro atoms. The average Bonchev–Trinajstić information content (AvgIpc) is 2.80. The van der Waals surface area contributed by atoms with Crippen molar-refractivity contribution >= 4 is 80.6 Å². The molecule has 0 fully saturated rings. The maximum absolute atomic E-state index is 12.4. The number of ether oxygens (including phenoxy) is 2. The molecule has 0 aliphatic rings. The third-order valence-corrected chi connectivity index (χ3v) is 6.54. The molecule has 9 heteroatoms. The van der Waals surface area contributed by atoms with Crippen LogP contribution in [0.15, 0.2) is 48.5 Å². The van der Waals surface area contributed by atoms with Gasteiger partial charge in [-0.1, -0.05) is 46.9 Å². The number of nitrogens with one attached hydrogen (secondary N) is 1. The predicted molar refractivity (Wildman–Crippen MR) is 151 cm³/mol. The number of allylic oxidation sites excluding steroid dienone is 1. The Hall–Kier alpha value is -2.44. The zero-order valence-corrected chi connectivity index (χ0v) is 23.2. The van der Waals surface area contributed by atoms with Gasteiger partial charge in [-0.05, 0) is 90.0 Å². The second-order valence-corrected chi connectivity index (χ2v) is 9.77. The van der Waals surface area contributed by atoms with Gasteiger partial charge in [0, 0.05) is 21.3 Å². The van der Waals surface area contributed by atoms with E-state index in [1.807, 2.05) is 26.0 Å². The molecule has 3 aromatic carbocycles. The molecule has 0 atom stereocenters. The van der Waals surface area contributed by atoms with Crippen LogP contribution >= 0.6 is 57.4 Å². The number of carbonyl (C=O) groups is 1. The number of rotatable bonds is 8. The first-order chi connectivity index (χ1) is 16.7. The van der Waals surface area contributed by atoms with Crippen LogP contribution in [0.4, 0.5) is 5.69 Å².